The summed E-state index contributed by atoms with van der Waals surface area (Å²) in [7, 11) is 0. The van der Waals surface area contributed by atoms with Crippen LogP contribution in [0.15, 0.2) is 33.6 Å². The number of amides is 1. The summed E-state index contributed by atoms with van der Waals surface area (Å²) in [4.78, 5) is 37.2. The molecule has 27 heavy (non-hydrogen) atoms. The fourth-order valence-electron chi connectivity index (χ4n) is 3.35. The number of hydrogen-bond donors (Lipinski definition) is 2. The van der Waals surface area contributed by atoms with E-state index in [4.69, 9.17) is 4.42 Å². The van der Waals surface area contributed by atoms with Crippen molar-refractivity contribution >= 4 is 29.4 Å². The van der Waals surface area contributed by atoms with Crippen molar-refractivity contribution in [2.75, 3.05) is 6.26 Å². The van der Waals surface area contributed by atoms with E-state index in [0.29, 0.717) is 41.7 Å². The number of carbonyl (C=O) groups excluding carboxylic acids is 2. The van der Waals surface area contributed by atoms with E-state index in [-0.39, 0.29) is 18.0 Å². The zero-order valence-electron chi connectivity index (χ0n) is 15.2. The van der Waals surface area contributed by atoms with Crippen LogP contribution in [0.5, 0.6) is 0 Å². The SMILES string of the molecule is CSc1ccc(C(CC(=O)O)NC(=O)c2oc3c(c2C)C(=O)CCC3)cc1. The molecule has 2 N–H and O–H groups in total. The van der Waals surface area contributed by atoms with Gasteiger partial charge in [0.1, 0.15) is 5.76 Å². The normalized spacial score (nSPS) is 14.5. The van der Waals surface area contributed by atoms with Crippen LogP contribution in [0.1, 0.15) is 63.1 Å². The number of carboxylic acids is 1. The highest BCUT2D eigenvalue weighted by Crippen LogP contribution is 2.30. The Hall–Kier alpha value is -2.54. The third-order valence-corrected chi connectivity index (χ3v) is 5.46. The monoisotopic (exact) mass is 387 g/mol. The summed E-state index contributed by atoms with van der Waals surface area (Å²) in [6, 6.07) is 6.70. The number of thioether (sulfide) groups is 1. The molecule has 142 valence electrons. The number of carbonyl (C=O) groups is 3. The molecule has 0 bridgehead atoms. The van der Waals surface area contributed by atoms with E-state index in [1.165, 1.54) is 0 Å². The average Bonchev–Trinajstić information content (AvgIpc) is 2.99. The number of fused-ring (bicyclic) bond motifs is 1. The lowest BCUT2D eigenvalue weighted by molar-refractivity contribution is -0.137. The van der Waals surface area contributed by atoms with E-state index in [1.54, 1.807) is 18.7 Å². The van der Waals surface area contributed by atoms with E-state index in [9.17, 15) is 19.5 Å². The van der Waals surface area contributed by atoms with Crippen molar-refractivity contribution in [1.82, 2.24) is 5.32 Å². The molecule has 7 heteroatoms. The fraction of sp³-hybridized carbons (Fsp3) is 0.350. The number of aliphatic carboxylic acids is 1. The highest BCUT2D eigenvalue weighted by Gasteiger charge is 2.30. The number of furan rings is 1. The van der Waals surface area contributed by atoms with Gasteiger partial charge in [0.25, 0.3) is 5.91 Å². The number of rotatable bonds is 6. The zero-order chi connectivity index (χ0) is 19.6. The molecule has 0 saturated heterocycles. The first-order valence-electron chi connectivity index (χ1n) is 8.72. The Morgan fingerprint density at radius 3 is 2.56 bits per heavy atom. The summed E-state index contributed by atoms with van der Waals surface area (Å²) in [5.41, 5.74) is 1.73. The maximum atomic E-state index is 12.8. The molecule has 0 saturated carbocycles. The summed E-state index contributed by atoms with van der Waals surface area (Å²) in [6.45, 7) is 1.69. The first-order valence-corrected chi connectivity index (χ1v) is 9.95. The van der Waals surface area contributed by atoms with Crippen LogP contribution >= 0.6 is 11.8 Å². The van der Waals surface area contributed by atoms with E-state index in [2.05, 4.69) is 5.32 Å². The van der Waals surface area contributed by atoms with Crippen LogP contribution in [0.4, 0.5) is 0 Å². The van der Waals surface area contributed by atoms with Gasteiger partial charge >= 0.3 is 5.97 Å². The molecule has 1 amide bonds. The summed E-state index contributed by atoms with van der Waals surface area (Å²) in [5, 5.41) is 12.0. The molecule has 0 fully saturated rings. The predicted octanol–water partition coefficient (Wildman–Crippen LogP) is 3.77. The molecule has 1 aliphatic rings. The Balaban J connectivity index is 1.86. The van der Waals surface area contributed by atoms with Crippen LogP contribution in [0, 0.1) is 6.92 Å². The molecule has 1 unspecified atom stereocenters. The van der Waals surface area contributed by atoms with Crippen LogP contribution in [-0.4, -0.2) is 29.0 Å². The van der Waals surface area contributed by atoms with Gasteiger partial charge in [0, 0.05) is 23.3 Å². The topological polar surface area (TPSA) is 96.6 Å². The van der Waals surface area contributed by atoms with Crippen LogP contribution in [0.2, 0.25) is 0 Å². The summed E-state index contributed by atoms with van der Waals surface area (Å²) in [6.07, 6.45) is 3.50. The van der Waals surface area contributed by atoms with Crippen LogP contribution < -0.4 is 5.32 Å². The second kappa shape index (κ2) is 8.00. The number of benzene rings is 1. The number of nitrogens with one attached hydrogen (secondary N) is 1. The Morgan fingerprint density at radius 1 is 1.26 bits per heavy atom. The van der Waals surface area contributed by atoms with Crippen molar-refractivity contribution in [1.29, 1.82) is 0 Å². The second-order valence-electron chi connectivity index (χ2n) is 6.53. The molecule has 0 aliphatic heterocycles. The Morgan fingerprint density at radius 2 is 1.96 bits per heavy atom. The number of carboxylic acid groups (broad SMARTS) is 1. The quantitative estimate of drug-likeness (QED) is 0.733. The lowest BCUT2D eigenvalue weighted by atomic mass is 9.94. The molecule has 1 heterocycles. The molecule has 0 radical (unpaired) electrons. The van der Waals surface area contributed by atoms with Gasteiger partial charge in [-0.05, 0) is 37.3 Å². The summed E-state index contributed by atoms with van der Waals surface area (Å²) < 4.78 is 5.66. The summed E-state index contributed by atoms with van der Waals surface area (Å²) in [5.74, 6) is -0.888. The molecule has 3 rings (SSSR count). The van der Waals surface area contributed by atoms with Gasteiger partial charge in [-0.25, -0.2) is 0 Å². The minimum absolute atomic E-state index is 0.00806. The van der Waals surface area contributed by atoms with Crippen molar-refractivity contribution in [2.24, 2.45) is 0 Å². The fourth-order valence-corrected chi connectivity index (χ4v) is 3.76. The molecule has 1 aliphatic carbocycles. The van der Waals surface area contributed by atoms with Crippen molar-refractivity contribution in [2.45, 2.75) is 43.5 Å². The predicted molar refractivity (Wildman–Crippen MR) is 101 cm³/mol. The molecule has 1 aromatic carbocycles. The number of ketones is 1. The van der Waals surface area contributed by atoms with Gasteiger partial charge in [0.2, 0.25) is 0 Å². The number of Topliss-reactive ketones (excluding diaryl/α,β-unsaturated/α-hetero) is 1. The second-order valence-corrected chi connectivity index (χ2v) is 7.41. The van der Waals surface area contributed by atoms with Gasteiger partial charge in [-0.15, -0.1) is 11.8 Å². The van der Waals surface area contributed by atoms with Crippen molar-refractivity contribution in [3.8, 4) is 0 Å². The number of hydrogen-bond acceptors (Lipinski definition) is 5. The van der Waals surface area contributed by atoms with Gasteiger partial charge in [0.05, 0.1) is 18.0 Å². The van der Waals surface area contributed by atoms with Gasteiger partial charge in [-0.2, -0.15) is 0 Å². The molecule has 1 atom stereocenters. The van der Waals surface area contributed by atoms with Crippen molar-refractivity contribution in [3.05, 3.63) is 52.5 Å². The van der Waals surface area contributed by atoms with Crippen LogP contribution in [-0.2, 0) is 11.2 Å². The van der Waals surface area contributed by atoms with Gasteiger partial charge < -0.3 is 14.8 Å². The third-order valence-electron chi connectivity index (χ3n) is 4.71. The average molecular weight is 387 g/mol. The molecular formula is C20H21NO5S. The molecule has 2 aromatic rings. The number of aryl methyl sites for hydroxylation is 1. The Labute approximate surface area is 161 Å². The Bertz CT molecular complexity index is 885. The summed E-state index contributed by atoms with van der Waals surface area (Å²) >= 11 is 1.58. The minimum Gasteiger partial charge on any atom is -0.481 e. The molecule has 0 spiro atoms. The zero-order valence-corrected chi connectivity index (χ0v) is 16.0. The highest BCUT2D eigenvalue weighted by atomic mass is 32.2. The standard InChI is InChI=1S/C20H21NO5S/c1-11-18-15(22)4-3-5-16(18)26-19(11)20(25)21-14(10-17(23)24)12-6-8-13(27-2)9-7-12/h6-9,14H,3-5,10H2,1-2H3,(H,21,25)(H,23,24). The van der Waals surface area contributed by atoms with Crippen LogP contribution in [0.25, 0.3) is 0 Å². The van der Waals surface area contributed by atoms with Crippen molar-refractivity contribution in [3.63, 3.8) is 0 Å². The van der Waals surface area contributed by atoms with Crippen LogP contribution in [0.3, 0.4) is 0 Å². The largest absolute Gasteiger partial charge is 0.481 e. The van der Waals surface area contributed by atoms with E-state index < -0.39 is 17.9 Å². The molecule has 6 nitrogen and oxygen atoms in total. The van der Waals surface area contributed by atoms with Gasteiger partial charge in [-0.1, -0.05) is 12.1 Å². The first-order chi connectivity index (χ1) is 12.9. The molecule has 1 aromatic heterocycles. The third kappa shape index (κ3) is 4.08. The Kier molecular flexibility index (Phi) is 5.70. The van der Waals surface area contributed by atoms with Crippen molar-refractivity contribution < 1.29 is 23.9 Å². The minimum atomic E-state index is -1.01. The maximum Gasteiger partial charge on any atom is 0.305 e. The van der Waals surface area contributed by atoms with E-state index in [0.717, 1.165) is 4.90 Å². The highest BCUT2D eigenvalue weighted by molar-refractivity contribution is 7.98. The lowest BCUT2D eigenvalue weighted by Gasteiger charge is -2.17. The van der Waals surface area contributed by atoms with E-state index >= 15 is 0 Å². The van der Waals surface area contributed by atoms with Gasteiger partial charge in [0.15, 0.2) is 11.5 Å². The molecular weight excluding hydrogens is 366 g/mol. The first kappa shape index (κ1) is 19.2. The lowest BCUT2D eigenvalue weighted by Crippen LogP contribution is -2.30. The maximum absolute atomic E-state index is 12.8. The van der Waals surface area contributed by atoms with Gasteiger partial charge in [-0.3, -0.25) is 14.4 Å². The smallest absolute Gasteiger partial charge is 0.305 e. The van der Waals surface area contributed by atoms with E-state index in [1.807, 2.05) is 30.5 Å².